The van der Waals surface area contributed by atoms with E-state index in [2.05, 4.69) is 18.7 Å². The highest BCUT2D eigenvalue weighted by Crippen LogP contribution is 2.38. The molecule has 2 rings (SSSR count). The number of nitrogens with zero attached hydrogens (tertiary/aromatic N) is 2. The van der Waals surface area contributed by atoms with Crippen molar-refractivity contribution in [2.75, 3.05) is 60.7 Å². The topological polar surface area (TPSA) is 80.7 Å². The van der Waals surface area contributed by atoms with Gasteiger partial charge >= 0.3 is 0 Å². The zero-order valence-corrected chi connectivity index (χ0v) is 19.0. The summed E-state index contributed by atoms with van der Waals surface area (Å²) in [4.78, 5) is 17.4. The molecule has 2 atom stereocenters. The number of aliphatic hydroxyl groups excluding tert-OH is 1. The van der Waals surface area contributed by atoms with Gasteiger partial charge in [-0.05, 0) is 25.0 Å². The average molecular weight is 425 g/mol. The Bertz CT molecular complexity index is 669. The van der Waals surface area contributed by atoms with Gasteiger partial charge in [0.2, 0.25) is 5.75 Å². The van der Waals surface area contributed by atoms with Crippen LogP contribution in [0, 0.1) is 5.92 Å². The molecule has 8 nitrogen and oxygen atoms in total. The summed E-state index contributed by atoms with van der Waals surface area (Å²) in [5, 5.41) is 9.69. The van der Waals surface area contributed by atoms with Gasteiger partial charge in [-0.15, -0.1) is 0 Å². The second kappa shape index (κ2) is 11.4. The van der Waals surface area contributed by atoms with E-state index in [1.54, 1.807) is 19.1 Å². The molecule has 1 N–H and O–H groups in total. The molecule has 0 aromatic heterocycles. The molecule has 30 heavy (non-hydrogen) atoms. The van der Waals surface area contributed by atoms with Crippen molar-refractivity contribution < 1.29 is 28.8 Å². The molecule has 1 fully saturated rings. The third-order valence-electron chi connectivity index (χ3n) is 4.95. The Morgan fingerprint density at radius 2 is 1.83 bits per heavy atom. The summed E-state index contributed by atoms with van der Waals surface area (Å²) in [5.41, 5.74) is 0.474. The standard InChI is InChI=1S/C22H36N2O6/c1-15(2)11-24(14-18-13-23(7-8-30-18)12-16(3)25)22(26)17-9-19(27-4)21(29-6)20(10-17)28-5/h9-10,15-16,18,25H,7-8,11-14H2,1-6H3/t16-,18+/m0/s1. The van der Waals surface area contributed by atoms with Crippen molar-refractivity contribution in [3.8, 4) is 17.2 Å². The quantitative estimate of drug-likeness (QED) is 0.614. The largest absolute Gasteiger partial charge is 0.493 e. The minimum Gasteiger partial charge on any atom is -0.493 e. The van der Waals surface area contributed by atoms with Crippen LogP contribution < -0.4 is 14.2 Å². The number of carbonyl (C=O) groups excluding carboxylic acids is 1. The number of β-amino-alcohol motifs (C(OH)–C–C–N with tert-alkyl or cyclic N) is 1. The summed E-state index contributed by atoms with van der Waals surface area (Å²) >= 11 is 0. The van der Waals surface area contributed by atoms with Crippen molar-refractivity contribution in [2.45, 2.75) is 33.0 Å². The molecule has 1 amide bonds. The molecule has 170 valence electrons. The average Bonchev–Trinajstić information content (AvgIpc) is 2.71. The van der Waals surface area contributed by atoms with Crippen molar-refractivity contribution in [1.82, 2.24) is 9.80 Å². The lowest BCUT2D eigenvalue weighted by Crippen LogP contribution is -2.50. The molecule has 0 saturated carbocycles. The summed E-state index contributed by atoms with van der Waals surface area (Å²) in [7, 11) is 4.60. The maximum atomic E-state index is 13.4. The normalized spacial score (nSPS) is 18.2. The van der Waals surface area contributed by atoms with Gasteiger partial charge in [0.1, 0.15) is 0 Å². The van der Waals surface area contributed by atoms with Crippen LogP contribution in [0.1, 0.15) is 31.1 Å². The van der Waals surface area contributed by atoms with Gasteiger partial charge in [-0.3, -0.25) is 9.69 Å². The fraction of sp³-hybridized carbons (Fsp3) is 0.682. The van der Waals surface area contributed by atoms with Crippen LogP contribution in [-0.4, -0.2) is 93.7 Å². The first-order valence-corrected chi connectivity index (χ1v) is 10.4. The number of ether oxygens (including phenoxy) is 4. The van der Waals surface area contributed by atoms with Gasteiger partial charge in [0.25, 0.3) is 5.91 Å². The van der Waals surface area contributed by atoms with Crippen LogP contribution in [0.4, 0.5) is 0 Å². The van der Waals surface area contributed by atoms with Crippen molar-refractivity contribution >= 4 is 5.91 Å². The Morgan fingerprint density at radius 1 is 1.20 bits per heavy atom. The number of aliphatic hydroxyl groups is 1. The Morgan fingerprint density at radius 3 is 2.33 bits per heavy atom. The number of methoxy groups -OCH3 is 3. The molecule has 0 radical (unpaired) electrons. The number of hydrogen-bond acceptors (Lipinski definition) is 7. The summed E-state index contributed by atoms with van der Waals surface area (Å²) in [5.74, 6) is 1.53. The van der Waals surface area contributed by atoms with Crippen LogP contribution >= 0.6 is 0 Å². The third kappa shape index (κ3) is 6.48. The Kier molecular flexibility index (Phi) is 9.20. The van der Waals surface area contributed by atoms with Crippen LogP contribution in [0.15, 0.2) is 12.1 Å². The summed E-state index contributed by atoms with van der Waals surface area (Å²) in [6, 6.07) is 3.36. The van der Waals surface area contributed by atoms with Crippen molar-refractivity contribution in [3.05, 3.63) is 17.7 Å². The Hall–Kier alpha value is -2.03. The molecule has 0 bridgehead atoms. The first kappa shape index (κ1) is 24.2. The molecule has 8 heteroatoms. The number of hydrogen-bond donors (Lipinski definition) is 1. The van der Waals surface area contributed by atoms with E-state index in [-0.39, 0.29) is 12.0 Å². The highest BCUT2D eigenvalue weighted by molar-refractivity contribution is 5.95. The summed E-state index contributed by atoms with van der Waals surface area (Å²) in [6.07, 6.45) is -0.501. The van der Waals surface area contributed by atoms with Gasteiger partial charge in [0.05, 0.1) is 40.1 Å². The maximum Gasteiger partial charge on any atom is 0.254 e. The molecule has 1 heterocycles. The van der Waals surface area contributed by atoms with Crippen LogP contribution in [0.2, 0.25) is 0 Å². The Labute approximate surface area is 179 Å². The summed E-state index contributed by atoms with van der Waals surface area (Å²) < 4.78 is 22.1. The van der Waals surface area contributed by atoms with E-state index in [4.69, 9.17) is 18.9 Å². The number of rotatable bonds is 10. The molecule has 1 aromatic carbocycles. The van der Waals surface area contributed by atoms with Gasteiger partial charge in [-0.25, -0.2) is 0 Å². The zero-order chi connectivity index (χ0) is 22.3. The second-order valence-corrected chi connectivity index (χ2v) is 8.12. The van der Waals surface area contributed by atoms with E-state index >= 15 is 0 Å². The Balaban J connectivity index is 2.23. The summed E-state index contributed by atoms with van der Waals surface area (Å²) in [6.45, 7) is 9.68. The van der Waals surface area contributed by atoms with E-state index in [1.807, 2.05) is 4.90 Å². The number of morpholine rings is 1. The predicted molar refractivity (Wildman–Crippen MR) is 115 cm³/mol. The number of benzene rings is 1. The van der Waals surface area contributed by atoms with Gasteiger partial charge < -0.3 is 29.0 Å². The van der Waals surface area contributed by atoms with E-state index < -0.39 is 6.10 Å². The fourth-order valence-corrected chi connectivity index (χ4v) is 3.74. The first-order valence-electron chi connectivity index (χ1n) is 10.4. The van der Waals surface area contributed by atoms with E-state index in [9.17, 15) is 9.90 Å². The SMILES string of the molecule is COc1cc(C(=O)N(CC(C)C)C[C@H]2CN(C[C@H](C)O)CCO2)cc(OC)c1OC. The lowest BCUT2D eigenvalue weighted by atomic mass is 10.1. The molecule has 1 aliphatic heterocycles. The minimum absolute atomic E-state index is 0.109. The minimum atomic E-state index is -0.392. The molecule has 1 saturated heterocycles. The molecule has 0 aliphatic carbocycles. The van der Waals surface area contributed by atoms with Crippen LogP contribution in [0.5, 0.6) is 17.2 Å². The monoisotopic (exact) mass is 424 g/mol. The second-order valence-electron chi connectivity index (χ2n) is 8.12. The fourth-order valence-electron chi connectivity index (χ4n) is 3.74. The van der Waals surface area contributed by atoms with Gasteiger partial charge in [0.15, 0.2) is 11.5 Å². The van der Waals surface area contributed by atoms with E-state index in [0.717, 1.165) is 6.54 Å². The van der Waals surface area contributed by atoms with Crippen molar-refractivity contribution in [3.63, 3.8) is 0 Å². The number of amides is 1. The highest BCUT2D eigenvalue weighted by Gasteiger charge is 2.28. The highest BCUT2D eigenvalue weighted by atomic mass is 16.5. The van der Waals surface area contributed by atoms with Crippen LogP contribution in [0.3, 0.4) is 0 Å². The lowest BCUT2D eigenvalue weighted by Gasteiger charge is -2.36. The molecular formula is C22H36N2O6. The van der Waals surface area contributed by atoms with E-state index in [1.165, 1.54) is 21.3 Å². The zero-order valence-electron chi connectivity index (χ0n) is 19.0. The van der Waals surface area contributed by atoms with E-state index in [0.29, 0.717) is 61.5 Å². The van der Waals surface area contributed by atoms with Crippen molar-refractivity contribution in [1.29, 1.82) is 0 Å². The van der Waals surface area contributed by atoms with Crippen LogP contribution in [0.25, 0.3) is 0 Å². The van der Waals surface area contributed by atoms with Crippen molar-refractivity contribution in [2.24, 2.45) is 5.92 Å². The molecule has 0 unspecified atom stereocenters. The smallest absolute Gasteiger partial charge is 0.254 e. The predicted octanol–water partition coefficient (Wildman–Crippen LogP) is 1.89. The first-order chi connectivity index (χ1) is 14.3. The van der Waals surface area contributed by atoms with Crippen LogP contribution in [-0.2, 0) is 4.74 Å². The molecule has 1 aliphatic rings. The maximum absolute atomic E-state index is 13.4. The molecule has 0 spiro atoms. The van der Waals surface area contributed by atoms with Gasteiger partial charge in [-0.1, -0.05) is 13.8 Å². The third-order valence-corrected chi connectivity index (χ3v) is 4.95. The molecule has 1 aromatic rings. The lowest BCUT2D eigenvalue weighted by molar-refractivity contribution is -0.0498. The number of carbonyl (C=O) groups is 1. The van der Waals surface area contributed by atoms with Gasteiger partial charge in [-0.2, -0.15) is 0 Å². The van der Waals surface area contributed by atoms with Gasteiger partial charge in [0, 0.05) is 38.3 Å². The molecular weight excluding hydrogens is 388 g/mol.